The number of Topliss-reactive ketones (excluding diaryl/α,β-unsaturated/α-hetero) is 1. The molecule has 1 aromatic rings. The molecule has 0 fully saturated rings. The van der Waals surface area contributed by atoms with Crippen molar-refractivity contribution >= 4 is 17.6 Å². The van der Waals surface area contributed by atoms with Crippen molar-refractivity contribution < 1.29 is 29.1 Å². The molecular weight excluding hydrogens is 332 g/mol. The molecule has 1 aromatic carbocycles. The van der Waals surface area contributed by atoms with Gasteiger partial charge in [0.2, 0.25) is 11.8 Å². The van der Waals surface area contributed by atoms with Crippen LogP contribution in [0.2, 0.25) is 0 Å². The zero-order valence-corrected chi connectivity index (χ0v) is 15.3. The fourth-order valence-electron chi connectivity index (χ4n) is 2.53. The maximum atomic E-state index is 13.1. The topological polar surface area (TPSA) is 86.7 Å². The number of carbonyl (C=O) groups excluding carboxylic acids is 3. The average Bonchev–Trinajstić information content (AvgIpc) is 2.78. The molecule has 1 aliphatic rings. The van der Waals surface area contributed by atoms with Gasteiger partial charge in [-0.25, -0.2) is 0 Å². The number of hydrogen-bond acceptors (Lipinski definition) is 4. The third kappa shape index (κ3) is 4.49. The number of nitrogens with zero attached hydrogens (tertiary/aromatic N) is 1. The minimum atomic E-state index is -2.31. The van der Waals surface area contributed by atoms with Crippen LogP contribution in [0.4, 0.5) is 0 Å². The average molecular weight is 367 g/mol. The van der Waals surface area contributed by atoms with E-state index in [9.17, 15) is 19.5 Å². The molecule has 0 saturated carbocycles. The Morgan fingerprint density at radius 3 is 2.73 bits per heavy atom. The monoisotopic (exact) mass is 367 g/mol. The van der Waals surface area contributed by atoms with Gasteiger partial charge in [0.1, 0.15) is 12.1 Å². The van der Waals surface area contributed by atoms with Gasteiger partial charge in [-0.05, 0) is 23.5 Å². The fraction of sp³-hybridized carbons (Fsp3) is 0.550. The second-order valence-electron chi connectivity index (χ2n) is 6.64. The number of benzene rings is 1. The van der Waals surface area contributed by atoms with Gasteiger partial charge in [-0.2, -0.15) is 0 Å². The maximum Gasteiger partial charge on any atom is 0.249 e. The highest BCUT2D eigenvalue weighted by Crippen LogP contribution is 2.25. The lowest BCUT2D eigenvalue weighted by Gasteiger charge is -2.24. The number of nitrogens with one attached hydrogen (secondary N) is 1. The highest BCUT2D eigenvalue weighted by atomic mass is 16.3. The second kappa shape index (κ2) is 8.45. The Bertz CT molecular complexity index is 997. The molecule has 2 N–H and O–H groups in total. The SMILES string of the molecule is [2H]c1c([2H])c([2H])c2c(c1[2H])CC([2H])([2H])N(C)C(=O)[C@H]2NC(=O)[C@]([2H])(C)CC(=O)[C@@H](O)C(C)C. The molecule has 2 rings (SSSR count). The first-order chi connectivity index (χ1) is 14.9. The lowest BCUT2D eigenvalue weighted by atomic mass is 9.94. The third-order valence-electron chi connectivity index (χ3n) is 4.22. The van der Waals surface area contributed by atoms with Gasteiger partial charge in [-0.15, -0.1) is 0 Å². The first-order valence-electron chi connectivity index (χ1n) is 11.8. The molecule has 0 saturated heterocycles. The summed E-state index contributed by atoms with van der Waals surface area (Å²) < 4.78 is 57.0. The van der Waals surface area contributed by atoms with Crippen LogP contribution >= 0.6 is 0 Å². The lowest BCUT2D eigenvalue weighted by Crippen LogP contribution is -2.43. The van der Waals surface area contributed by atoms with E-state index in [0.29, 0.717) is 4.90 Å². The number of carbonyl (C=O) groups is 3. The molecule has 6 heteroatoms. The summed E-state index contributed by atoms with van der Waals surface area (Å²) in [6, 6.07) is -4.09. The van der Waals surface area contributed by atoms with Crippen LogP contribution < -0.4 is 5.32 Å². The zero-order valence-electron chi connectivity index (χ0n) is 22.3. The van der Waals surface area contributed by atoms with E-state index < -0.39 is 85.1 Å². The molecule has 26 heavy (non-hydrogen) atoms. The Hall–Kier alpha value is -2.21. The van der Waals surface area contributed by atoms with Crippen molar-refractivity contribution in [3.63, 3.8) is 0 Å². The molecule has 0 aliphatic carbocycles. The number of aliphatic hydroxyl groups is 1. The van der Waals surface area contributed by atoms with Gasteiger partial charge in [0.25, 0.3) is 0 Å². The number of rotatable bonds is 6. The molecule has 0 radical (unpaired) electrons. The van der Waals surface area contributed by atoms with Crippen LogP contribution in [0.1, 0.15) is 54.0 Å². The van der Waals surface area contributed by atoms with E-state index in [0.717, 1.165) is 14.0 Å². The maximum absolute atomic E-state index is 13.1. The van der Waals surface area contributed by atoms with Gasteiger partial charge in [0.05, 0.1) is 5.48 Å². The van der Waals surface area contributed by atoms with Crippen LogP contribution in [0.3, 0.4) is 0 Å². The molecule has 1 heterocycles. The van der Waals surface area contributed by atoms with E-state index in [4.69, 9.17) is 9.60 Å². The molecule has 0 spiro atoms. The summed E-state index contributed by atoms with van der Waals surface area (Å²) in [5.74, 6) is -5.33. The van der Waals surface area contributed by atoms with E-state index in [1.54, 1.807) is 13.8 Å². The Kier molecular flexibility index (Phi) is 3.97. The smallest absolute Gasteiger partial charge is 0.249 e. The summed E-state index contributed by atoms with van der Waals surface area (Å²) in [6.45, 7) is 2.01. The molecule has 2 amide bonds. The highest BCUT2D eigenvalue weighted by Gasteiger charge is 2.32. The summed E-state index contributed by atoms with van der Waals surface area (Å²) in [6.07, 6.45) is -2.58. The Balaban J connectivity index is 2.55. The number of hydrogen-bond donors (Lipinski definition) is 2. The largest absolute Gasteiger partial charge is 0.385 e. The van der Waals surface area contributed by atoms with E-state index in [2.05, 4.69) is 5.32 Å². The van der Waals surface area contributed by atoms with Crippen LogP contribution in [0.15, 0.2) is 24.2 Å². The normalized spacial score (nSPS) is 26.5. The molecule has 3 atom stereocenters. The summed E-state index contributed by atoms with van der Waals surface area (Å²) in [5.41, 5.74) is -0.441. The first kappa shape index (κ1) is 12.2. The standard InChI is InChI=1S/C20H28N2O4/c1-12(2)18(24)16(23)11-13(3)19(25)21-17-15-8-6-5-7-14(15)9-10-22(4)20(17)26/h5-8,12-13,17-18,24H,9-11H2,1-4H3,(H,21,25)/t13-,17+,18+/m1/s1/i5D,6D,7D,8D,10D2,13D. The van der Waals surface area contributed by atoms with Crippen molar-refractivity contribution in [2.45, 2.75) is 45.8 Å². The zero-order chi connectivity index (χ0) is 25.6. The van der Waals surface area contributed by atoms with Gasteiger partial charge in [0.15, 0.2) is 5.78 Å². The molecule has 0 aromatic heterocycles. The first-order valence-corrected chi connectivity index (χ1v) is 8.32. The van der Waals surface area contributed by atoms with Crippen molar-refractivity contribution in [3.05, 3.63) is 35.3 Å². The lowest BCUT2D eigenvalue weighted by molar-refractivity contribution is -0.137. The van der Waals surface area contributed by atoms with Crippen molar-refractivity contribution in [1.82, 2.24) is 10.2 Å². The van der Waals surface area contributed by atoms with Crippen molar-refractivity contribution in [2.75, 3.05) is 13.5 Å². The highest BCUT2D eigenvalue weighted by molar-refractivity contribution is 5.92. The summed E-state index contributed by atoms with van der Waals surface area (Å²) in [5, 5.41) is 12.2. The van der Waals surface area contributed by atoms with Crippen LogP contribution in [0.5, 0.6) is 0 Å². The molecule has 142 valence electrons. The van der Waals surface area contributed by atoms with Crippen LogP contribution in [-0.4, -0.2) is 47.3 Å². The molecule has 6 nitrogen and oxygen atoms in total. The van der Waals surface area contributed by atoms with Crippen LogP contribution in [0.25, 0.3) is 0 Å². The summed E-state index contributed by atoms with van der Waals surface area (Å²) in [4.78, 5) is 39.0. The van der Waals surface area contributed by atoms with Gasteiger partial charge in [0, 0.05) is 30.0 Å². The molecule has 1 aliphatic heterocycles. The number of aliphatic hydroxyl groups excluding tert-OH is 1. The van der Waals surface area contributed by atoms with E-state index >= 15 is 0 Å². The molecule has 0 unspecified atom stereocenters. The van der Waals surface area contributed by atoms with Crippen LogP contribution in [-0.2, 0) is 20.8 Å². The Morgan fingerprint density at radius 1 is 1.42 bits per heavy atom. The quantitative estimate of drug-likeness (QED) is 0.797. The van der Waals surface area contributed by atoms with Crippen LogP contribution in [0, 0.1) is 11.8 Å². The Morgan fingerprint density at radius 2 is 2.08 bits per heavy atom. The Labute approximate surface area is 164 Å². The number of fused-ring (bicyclic) bond motifs is 1. The van der Waals surface area contributed by atoms with E-state index in [-0.39, 0.29) is 11.1 Å². The predicted molar refractivity (Wildman–Crippen MR) is 98.3 cm³/mol. The van der Waals surface area contributed by atoms with Crippen molar-refractivity contribution in [3.8, 4) is 0 Å². The van der Waals surface area contributed by atoms with Gasteiger partial charge < -0.3 is 15.3 Å². The predicted octanol–water partition coefficient (Wildman–Crippen LogP) is 1.47. The van der Waals surface area contributed by atoms with E-state index in [1.807, 2.05) is 0 Å². The molecular formula is C20H28N2O4. The summed E-state index contributed by atoms with van der Waals surface area (Å²) in [7, 11) is 1.15. The van der Waals surface area contributed by atoms with Gasteiger partial charge >= 0.3 is 0 Å². The minimum absolute atomic E-state index is 0.160. The van der Waals surface area contributed by atoms with E-state index in [1.165, 1.54) is 0 Å². The third-order valence-corrected chi connectivity index (χ3v) is 4.22. The number of ketones is 1. The van der Waals surface area contributed by atoms with Crippen molar-refractivity contribution in [1.29, 1.82) is 0 Å². The fourth-order valence-corrected chi connectivity index (χ4v) is 2.53. The minimum Gasteiger partial charge on any atom is -0.385 e. The summed E-state index contributed by atoms with van der Waals surface area (Å²) >= 11 is 0. The van der Waals surface area contributed by atoms with Gasteiger partial charge in [-0.3, -0.25) is 14.4 Å². The van der Waals surface area contributed by atoms with Gasteiger partial charge in [-0.1, -0.05) is 44.9 Å². The number of amides is 2. The molecule has 0 bridgehead atoms. The van der Waals surface area contributed by atoms with Crippen molar-refractivity contribution in [2.24, 2.45) is 11.8 Å². The number of likely N-dealkylation sites (N-methyl/N-ethyl adjacent to an activating group) is 1. The second-order valence-corrected chi connectivity index (χ2v) is 6.64.